The molecule has 4 nitrogen and oxygen atoms in total. The standard InChI is InChI=1S/C18H21F2NO3/c1-10(16-12(19)6-4-7-13(16)20)17(22)21-14-8-3-2-5-11(14)9-15(21)18(23)24/h4,6-7,10-11,14-15H,2-3,5,8-9H2,1H3,(H,23,24). The monoisotopic (exact) mass is 337 g/mol. The third kappa shape index (κ3) is 2.78. The van der Waals surface area contributed by atoms with Crippen LogP contribution in [0.1, 0.15) is 50.5 Å². The molecule has 1 amide bonds. The van der Waals surface area contributed by atoms with Gasteiger partial charge in [0.1, 0.15) is 17.7 Å². The van der Waals surface area contributed by atoms with Crippen LogP contribution in [0.5, 0.6) is 0 Å². The van der Waals surface area contributed by atoms with Crippen molar-refractivity contribution in [3.8, 4) is 0 Å². The van der Waals surface area contributed by atoms with Crippen molar-refractivity contribution < 1.29 is 23.5 Å². The van der Waals surface area contributed by atoms with Crippen LogP contribution in [0.4, 0.5) is 8.78 Å². The molecule has 2 aliphatic rings. The van der Waals surface area contributed by atoms with Crippen LogP contribution < -0.4 is 0 Å². The number of rotatable bonds is 3. The van der Waals surface area contributed by atoms with Crippen molar-refractivity contribution in [2.75, 3.05) is 0 Å². The van der Waals surface area contributed by atoms with E-state index in [4.69, 9.17) is 0 Å². The molecule has 6 heteroatoms. The maximum Gasteiger partial charge on any atom is 0.326 e. The number of likely N-dealkylation sites (tertiary alicyclic amines) is 1. The van der Waals surface area contributed by atoms with Gasteiger partial charge in [-0.3, -0.25) is 4.79 Å². The third-order valence-electron chi connectivity index (χ3n) is 5.43. The van der Waals surface area contributed by atoms with Gasteiger partial charge in [-0.1, -0.05) is 18.9 Å². The maximum atomic E-state index is 14.0. The quantitative estimate of drug-likeness (QED) is 0.920. The molecule has 4 unspecified atom stereocenters. The SMILES string of the molecule is CC(C(=O)N1C(C(=O)O)CC2CCCCC21)c1c(F)cccc1F. The summed E-state index contributed by atoms with van der Waals surface area (Å²) in [5.41, 5.74) is -0.286. The number of halogens is 2. The lowest BCUT2D eigenvalue weighted by Crippen LogP contribution is -2.48. The van der Waals surface area contributed by atoms with Gasteiger partial charge in [0.05, 0.1) is 5.92 Å². The van der Waals surface area contributed by atoms with Gasteiger partial charge in [-0.05, 0) is 44.2 Å². The average Bonchev–Trinajstić information content (AvgIpc) is 2.93. The molecule has 3 rings (SSSR count). The van der Waals surface area contributed by atoms with E-state index in [9.17, 15) is 23.5 Å². The van der Waals surface area contributed by atoms with Crippen LogP contribution in [0, 0.1) is 17.6 Å². The van der Waals surface area contributed by atoms with Crippen molar-refractivity contribution in [2.45, 2.75) is 57.0 Å². The highest BCUT2D eigenvalue weighted by atomic mass is 19.1. The van der Waals surface area contributed by atoms with E-state index >= 15 is 0 Å². The summed E-state index contributed by atoms with van der Waals surface area (Å²) in [5, 5.41) is 9.50. The van der Waals surface area contributed by atoms with Gasteiger partial charge in [-0.2, -0.15) is 0 Å². The summed E-state index contributed by atoms with van der Waals surface area (Å²) in [6.07, 6.45) is 4.07. The van der Waals surface area contributed by atoms with Gasteiger partial charge in [0.25, 0.3) is 0 Å². The summed E-state index contributed by atoms with van der Waals surface area (Å²) >= 11 is 0. The van der Waals surface area contributed by atoms with Crippen molar-refractivity contribution in [3.63, 3.8) is 0 Å². The van der Waals surface area contributed by atoms with Crippen molar-refractivity contribution >= 4 is 11.9 Å². The molecule has 130 valence electrons. The van der Waals surface area contributed by atoms with Crippen molar-refractivity contribution in [3.05, 3.63) is 35.4 Å². The van der Waals surface area contributed by atoms with Crippen LogP contribution >= 0.6 is 0 Å². The Morgan fingerprint density at radius 1 is 1.21 bits per heavy atom. The highest BCUT2D eigenvalue weighted by molar-refractivity contribution is 5.89. The zero-order chi connectivity index (χ0) is 17.4. The number of benzene rings is 1. The molecule has 1 heterocycles. The third-order valence-corrected chi connectivity index (χ3v) is 5.43. The lowest BCUT2D eigenvalue weighted by atomic mass is 9.84. The Kier molecular flexibility index (Phi) is 4.56. The van der Waals surface area contributed by atoms with E-state index in [1.54, 1.807) is 0 Å². The number of aliphatic carboxylic acids is 1. The van der Waals surface area contributed by atoms with Crippen LogP contribution in [0.15, 0.2) is 18.2 Å². The van der Waals surface area contributed by atoms with Gasteiger partial charge in [-0.25, -0.2) is 13.6 Å². The predicted octanol–water partition coefficient (Wildman–Crippen LogP) is 3.31. The number of fused-ring (bicyclic) bond motifs is 1. The number of amides is 1. The van der Waals surface area contributed by atoms with Crippen molar-refractivity contribution in [1.82, 2.24) is 4.90 Å². The van der Waals surface area contributed by atoms with Crippen LogP contribution in [0.3, 0.4) is 0 Å². The van der Waals surface area contributed by atoms with Crippen molar-refractivity contribution in [2.24, 2.45) is 5.92 Å². The lowest BCUT2D eigenvalue weighted by Gasteiger charge is -2.34. The molecule has 2 fully saturated rings. The van der Waals surface area contributed by atoms with E-state index < -0.39 is 35.5 Å². The molecule has 1 N–H and O–H groups in total. The number of nitrogens with zero attached hydrogens (tertiary/aromatic N) is 1. The predicted molar refractivity (Wildman–Crippen MR) is 83.4 cm³/mol. The second-order valence-corrected chi connectivity index (χ2v) is 6.80. The number of carboxylic acids is 1. The zero-order valence-electron chi connectivity index (χ0n) is 13.5. The van der Waals surface area contributed by atoms with Gasteiger partial charge in [-0.15, -0.1) is 0 Å². The van der Waals surface area contributed by atoms with E-state index in [1.807, 2.05) is 0 Å². The summed E-state index contributed by atoms with van der Waals surface area (Å²) in [7, 11) is 0. The van der Waals surface area contributed by atoms with Gasteiger partial charge in [0.15, 0.2) is 0 Å². The minimum absolute atomic E-state index is 0.135. The fourth-order valence-corrected chi connectivity index (χ4v) is 4.27. The first-order valence-electron chi connectivity index (χ1n) is 8.40. The van der Waals surface area contributed by atoms with Crippen LogP contribution in [0.25, 0.3) is 0 Å². The molecule has 4 atom stereocenters. The Morgan fingerprint density at radius 2 is 1.83 bits per heavy atom. The first-order valence-corrected chi connectivity index (χ1v) is 8.40. The number of carbonyl (C=O) groups is 2. The fraction of sp³-hybridized carbons (Fsp3) is 0.556. The molecular formula is C18H21F2NO3. The van der Waals surface area contributed by atoms with E-state index in [0.29, 0.717) is 6.42 Å². The molecule has 1 aromatic carbocycles. The van der Waals surface area contributed by atoms with Gasteiger partial charge < -0.3 is 10.0 Å². The van der Waals surface area contributed by atoms with Gasteiger partial charge in [0.2, 0.25) is 5.91 Å². The summed E-state index contributed by atoms with van der Waals surface area (Å²) in [4.78, 5) is 26.0. The molecule has 0 bridgehead atoms. The Balaban J connectivity index is 1.92. The first kappa shape index (κ1) is 16.9. The Labute approximate surface area is 139 Å². The second kappa shape index (κ2) is 6.49. The zero-order valence-corrected chi connectivity index (χ0v) is 13.5. The maximum absolute atomic E-state index is 14.0. The molecule has 24 heavy (non-hydrogen) atoms. The minimum atomic E-state index is -1.05. The fourth-order valence-electron chi connectivity index (χ4n) is 4.27. The first-order chi connectivity index (χ1) is 11.4. The summed E-state index contributed by atoms with van der Waals surface area (Å²) in [6.45, 7) is 1.44. The van der Waals surface area contributed by atoms with Gasteiger partial charge >= 0.3 is 5.97 Å². The van der Waals surface area contributed by atoms with E-state index in [2.05, 4.69) is 0 Å². The molecule has 1 saturated carbocycles. The highest BCUT2D eigenvalue weighted by Gasteiger charge is 2.48. The summed E-state index contributed by atoms with van der Waals surface area (Å²) in [6, 6.07) is 2.44. The van der Waals surface area contributed by atoms with Gasteiger partial charge in [0, 0.05) is 11.6 Å². The number of carboxylic acid groups (broad SMARTS) is 1. The molecule has 1 aromatic rings. The Bertz CT molecular complexity index is 643. The van der Waals surface area contributed by atoms with Crippen LogP contribution in [0.2, 0.25) is 0 Å². The molecule has 1 aliphatic carbocycles. The highest BCUT2D eigenvalue weighted by Crippen LogP contribution is 2.41. The Morgan fingerprint density at radius 3 is 2.46 bits per heavy atom. The van der Waals surface area contributed by atoms with E-state index in [1.165, 1.54) is 17.9 Å². The normalized spacial score (nSPS) is 27.6. The molecule has 0 radical (unpaired) electrons. The minimum Gasteiger partial charge on any atom is -0.480 e. The molecule has 0 aromatic heterocycles. The molecular weight excluding hydrogens is 316 g/mol. The van der Waals surface area contributed by atoms with Crippen molar-refractivity contribution in [1.29, 1.82) is 0 Å². The molecule has 1 saturated heterocycles. The summed E-state index contributed by atoms with van der Waals surface area (Å²) < 4.78 is 28.0. The smallest absolute Gasteiger partial charge is 0.326 e. The molecule has 1 aliphatic heterocycles. The number of hydrogen-bond donors (Lipinski definition) is 1. The number of carbonyl (C=O) groups excluding carboxylic acids is 1. The summed E-state index contributed by atoms with van der Waals surface area (Å²) in [5.74, 6) is -3.97. The van der Waals surface area contributed by atoms with E-state index in [-0.39, 0.29) is 17.5 Å². The number of hydrogen-bond acceptors (Lipinski definition) is 2. The largest absolute Gasteiger partial charge is 0.480 e. The Hall–Kier alpha value is -1.98. The van der Waals surface area contributed by atoms with Crippen LogP contribution in [-0.2, 0) is 9.59 Å². The van der Waals surface area contributed by atoms with Crippen LogP contribution in [-0.4, -0.2) is 34.0 Å². The molecule has 0 spiro atoms. The van der Waals surface area contributed by atoms with E-state index in [0.717, 1.165) is 37.8 Å². The second-order valence-electron chi connectivity index (χ2n) is 6.80. The average molecular weight is 337 g/mol. The topological polar surface area (TPSA) is 57.6 Å². The lowest BCUT2D eigenvalue weighted by molar-refractivity contribution is -0.150.